The Kier molecular flexibility index (Phi) is 5.69. The number of carbonyl (C=O) groups excluding carboxylic acids is 1. The van der Waals surface area contributed by atoms with Gasteiger partial charge in [-0.1, -0.05) is 25.4 Å². The van der Waals surface area contributed by atoms with Crippen LogP contribution in [0.25, 0.3) is 0 Å². The number of benzene rings is 1. The van der Waals surface area contributed by atoms with Gasteiger partial charge in [0.2, 0.25) is 0 Å². The summed E-state index contributed by atoms with van der Waals surface area (Å²) in [5, 5.41) is 11.9. The van der Waals surface area contributed by atoms with Gasteiger partial charge in [-0.2, -0.15) is 0 Å². The number of amides is 1. The summed E-state index contributed by atoms with van der Waals surface area (Å²) < 4.78 is 25.9. The molecule has 0 aromatic heterocycles. The Hall–Kier alpha value is -1.20. The molecule has 0 bridgehead atoms. The zero-order valence-corrected chi connectivity index (χ0v) is 11.5. The van der Waals surface area contributed by atoms with E-state index in [-0.39, 0.29) is 17.1 Å². The van der Waals surface area contributed by atoms with E-state index in [0.717, 1.165) is 12.1 Å². The van der Waals surface area contributed by atoms with E-state index in [1.54, 1.807) is 0 Å². The molecule has 0 fully saturated rings. The van der Waals surface area contributed by atoms with Gasteiger partial charge in [-0.25, -0.2) is 8.78 Å². The van der Waals surface area contributed by atoms with Crippen LogP contribution in [0.2, 0.25) is 5.02 Å². The second kappa shape index (κ2) is 6.82. The molecule has 3 nitrogen and oxygen atoms in total. The highest BCUT2D eigenvalue weighted by Gasteiger charge is 2.16. The van der Waals surface area contributed by atoms with E-state index < -0.39 is 23.6 Å². The second-order valence-electron chi connectivity index (χ2n) is 4.74. The fraction of sp³-hybridized carbons (Fsp3) is 0.462. The third kappa shape index (κ3) is 4.76. The van der Waals surface area contributed by atoms with Crippen molar-refractivity contribution in [2.24, 2.45) is 5.92 Å². The molecule has 2 N–H and O–H groups in total. The molecule has 0 aliphatic carbocycles. The highest BCUT2D eigenvalue weighted by atomic mass is 35.5. The Bertz CT molecular complexity index is 466. The summed E-state index contributed by atoms with van der Waals surface area (Å²) in [6, 6.07) is 1.48. The molecule has 1 amide bonds. The molecule has 0 spiro atoms. The van der Waals surface area contributed by atoms with Crippen molar-refractivity contribution in [3.8, 4) is 0 Å². The Balaban J connectivity index is 2.66. The predicted octanol–water partition coefficient (Wildman–Crippen LogP) is 2.76. The van der Waals surface area contributed by atoms with E-state index >= 15 is 0 Å². The average Bonchev–Trinajstić information content (AvgIpc) is 2.30. The van der Waals surface area contributed by atoms with Gasteiger partial charge in [-0.3, -0.25) is 4.79 Å². The zero-order chi connectivity index (χ0) is 14.6. The number of aliphatic hydroxyl groups excluding tert-OH is 1. The lowest BCUT2D eigenvalue weighted by molar-refractivity contribution is 0.0900. The summed E-state index contributed by atoms with van der Waals surface area (Å²) in [5.41, 5.74) is -0.155. The topological polar surface area (TPSA) is 49.3 Å². The molecular formula is C13H16ClF2NO2. The highest BCUT2D eigenvalue weighted by Crippen LogP contribution is 2.19. The largest absolute Gasteiger partial charge is 0.391 e. The first-order valence-corrected chi connectivity index (χ1v) is 6.29. The van der Waals surface area contributed by atoms with Gasteiger partial charge in [0, 0.05) is 6.54 Å². The lowest BCUT2D eigenvalue weighted by Gasteiger charge is -2.14. The summed E-state index contributed by atoms with van der Waals surface area (Å²) in [7, 11) is 0. The molecule has 0 saturated carbocycles. The lowest BCUT2D eigenvalue weighted by atomic mass is 10.1. The molecule has 106 valence electrons. The van der Waals surface area contributed by atoms with Gasteiger partial charge in [0.15, 0.2) is 11.6 Å². The monoisotopic (exact) mass is 291 g/mol. The van der Waals surface area contributed by atoms with Gasteiger partial charge in [0.25, 0.3) is 5.91 Å². The molecule has 1 atom stereocenters. The normalized spacial score (nSPS) is 12.6. The maximum absolute atomic E-state index is 13.0. The van der Waals surface area contributed by atoms with Crippen molar-refractivity contribution in [3.63, 3.8) is 0 Å². The number of hydrogen-bond donors (Lipinski definition) is 2. The molecule has 0 aliphatic heterocycles. The molecule has 19 heavy (non-hydrogen) atoms. The minimum Gasteiger partial charge on any atom is -0.391 e. The van der Waals surface area contributed by atoms with E-state index in [4.69, 9.17) is 11.6 Å². The summed E-state index contributed by atoms with van der Waals surface area (Å²) in [6.45, 7) is 3.92. The van der Waals surface area contributed by atoms with Crippen LogP contribution in [0.5, 0.6) is 0 Å². The molecule has 0 heterocycles. The van der Waals surface area contributed by atoms with E-state index in [1.807, 2.05) is 13.8 Å². The fourth-order valence-corrected chi connectivity index (χ4v) is 1.87. The first kappa shape index (κ1) is 15.9. The fourth-order valence-electron chi connectivity index (χ4n) is 1.63. The Morgan fingerprint density at radius 2 is 1.95 bits per heavy atom. The van der Waals surface area contributed by atoms with Crippen LogP contribution >= 0.6 is 11.6 Å². The molecule has 0 aliphatic rings. The van der Waals surface area contributed by atoms with Crippen molar-refractivity contribution in [2.75, 3.05) is 6.54 Å². The first-order valence-electron chi connectivity index (χ1n) is 5.92. The molecule has 0 saturated heterocycles. The van der Waals surface area contributed by atoms with Crippen molar-refractivity contribution in [2.45, 2.75) is 26.4 Å². The third-order valence-electron chi connectivity index (χ3n) is 2.50. The van der Waals surface area contributed by atoms with Crippen LogP contribution in [-0.4, -0.2) is 23.7 Å². The van der Waals surface area contributed by atoms with Crippen molar-refractivity contribution >= 4 is 17.5 Å². The Morgan fingerprint density at radius 3 is 2.53 bits per heavy atom. The first-order chi connectivity index (χ1) is 8.81. The van der Waals surface area contributed by atoms with E-state index in [9.17, 15) is 18.7 Å². The number of hydrogen-bond acceptors (Lipinski definition) is 2. The minimum atomic E-state index is -1.14. The van der Waals surface area contributed by atoms with Crippen LogP contribution in [-0.2, 0) is 0 Å². The molecule has 1 aromatic rings. The van der Waals surface area contributed by atoms with Crippen molar-refractivity contribution < 1.29 is 18.7 Å². The van der Waals surface area contributed by atoms with Gasteiger partial charge in [0.05, 0.1) is 16.7 Å². The van der Waals surface area contributed by atoms with Gasteiger partial charge in [-0.05, 0) is 24.5 Å². The summed E-state index contributed by atoms with van der Waals surface area (Å²) in [6.07, 6.45) is -0.153. The van der Waals surface area contributed by atoms with Gasteiger partial charge in [0.1, 0.15) is 0 Å². The van der Waals surface area contributed by atoms with Crippen molar-refractivity contribution in [1.82, 2.24) is 5.32 Å². The lowest BCUT2D eigenvalue weighted by Crippen LogP contribution is -2.33. The molecule has 1 rings (SSSR count). The van der Waals surface area contributed by atoms with Gasteiger partial charge < -0.3 is 10.4 Å². The Morgan fingerprint density at radius 1 is 1.37 bits per heavy atom. The summed E-state index contributed by atoms with van der Waals surface area (Å²) in [4.78, 5) is 11.7. The molecule has 0 radical (unpaired) electrons. The van der Waals surface area contributed by atoms with E-state index in [1.165, 1.54) is 0 Å². The summed E-state index contributed by atoms with van der Waals surface area (Å²) in [5.74, 6) is -2.61. The van der Waals surface area contributed by atoms with Gasteiger partial charge >= 0.3 is 0 Å². The van der Waals surface area contributed by atoms with Crippen molar-refractivity contribution in [3.05, 3.63) is 34.4 Å². The molecule has 1 unspecified atom stereocenters. The number of aliphatic hydroxyl groups is 1. The number of carbonyl (C=O) groups is 1. The van der Waals surface area contributed by atoms with Crippen LogP contribution in [0.15, 0.2) is 12.1 Å². The maximum atomic E-state index is 13.0. The number of nitrogens with one attached hydrogen (secondary N) is 1. The SMILES string of the molecule is CC(C)CC(O)CNC(=O)c1cc(F)c(F)cc1Cl. The molecular weight excluding hydrogens is 276 g/mol. The van der Waals surface area contributed by atoms with Crippen LogP contribution in [0.4, 0.5) is 8.78 Å². The number of rotatable bonds is 5. The second-order valence-corrected chi connectivity index (χ2v) is 5.15. The summed E-state index contributed by atoms with van der Waals surface area (Å²) >= 11 is 5.67. The standard InChI is InChI=1S/C13H16ClF2NO2/c1-7(2)3-8(18)6-17-13(19)9-4-11(15)12(16)5-10(9)14/h4-5,7-8,18H,3,6H2,1-2H3,(H,17,19). The third-order valence-corrected chi connectivity index (χ3v) is 2.81. The van der Waals surface area contributed by atoms with Crippen LogP contribution < -0.4 is 5.32 Å². The number of halogens is 3. The van der Waals surface area contributed by atoms with Crippen LogP contribution in [0.1, 0.15) is 30.6 Å². The van der Waals surface area contributed by atoms with Crippen molar-refractivity contribution in [1.29, 1.82) is 0 Å². The Labute approximate surface area is 115 Å². The zero-order valence-electron chi connectivity index (χ0n) is 10.7. The van der Waals surface area contributed by atoms with Crippen LogP contribution in [0, 0.1) is 17.6 Å². The molecule has 1 aromatic carbocycles. The quantitative estimate of drug-likeness (QED) is 0.820. The predicted molar refractivity (Wildman–Crippen MR) is 69.2 cm³/mol. The maximum Gasteiger partial charge on any atom is 0.252 e. The minimum absolute atomic E-state index is 0.0341. The smallest absolute Gasteiger partial charge is 0.252 e. The molecule has 6 heteroatoms. The van der Waals surface area contributed by atoms with E-state index in [2.05, 4.69) is 5.32 Å². The highest BCUT2D eigenvalue weighted by molar-refractivity contribution is 6.33. The average molecular weight is 292 g/mol. The van der Waals surface area contributed by atoms with Gasteiger partial charge in [-0.15, -0.1) is 0 Å². The van der Waals surface area contributed by atoms with E-state index in [0.29, 0.717) is 12.3 Å². The van der Waals surface area contributed by atoms with Crippen LogP contribution in [0.3, 0.4) is 0 Å².